The maximum Gasteiger partial charge on any atom is 0.143 e. The number of nitrogens with zero attached hydrogens (tertiary/aromatic N) is 6. The predicted molar refractivity (Wildman–Crippen MR) is 134 cm³/mol. The van der Waals surface area contributed by atoms with E-state index >= 15 is 0 Å². The fraction of sp³-hybridized carbons (Fsp3) is 0.360. The van der Waals surface area contributed by atoms with E-state index in [0.717, 1.165) is 62.9 Å². The summed E-state index contributed by atoms with van der Waals surface area (Å²) >= 11 is 1.62. The van der Waals surface area contributed by atoms with Crippen LogP contribution in [0.15, 0.2) is 42.7 Å². The van der Waals surface area contributed by atoms with Gasteiger partial charge in [-0.1, -0.05) is 12.1 Å². The number of hydrogen-bond donors (Lipinski definition) is 1. The van der Waals surface area contributed by atoms with Crippen LogP contribution in [-0.4, -0.2) is 57.6 Å². The molecule has 0 aromatic carbocycles. The molecule has 2 saturated heterocycles. The van der Waals surface area contributed by atoms with Gasteiger partial charge in [-0.05, 0) is 63.0 Å². The Hall–Kier alpha value is -3.10. The molecule has 2 atom stereocenters. The van der Waals surface area contributed by atoms with Gasteiger partial charge in [-0.2, -0.15) is 0 Å². The van der Waals surface area contributed by atoms with Crippen molar-refractivity contribution in [1.82, 2.24) is 24.8 Å². The molecule has 0 bridgehead atoms. The minimum Gasteiger partial charge on any atom is -0.354 e. The van der Waals surface area contributed by atoms with Crippen LogP contribution >= 0.6 is 11.3 Å². The van der Waals surface area contributed by atoms with Gasteiger partial charge in [0.25, 0.3) is 0 Å². The molecular formula is C25H27N7S. The molecule has 168 valence electrons. The number of pyridine rings is 3. The third-order valence-corrected chi connectivity index (χ3v) is 7.95. The van der Waals surface area contributed by atoms with Gasteiger partial charge >= 0.3 is 0 Å². The highest BCUT2D eigenvalue weighted by atomic mass is 32.1. The second kappa shape index (κ2) is 8.04. The molecule has 2 aliphatic rings. The summed E-state index contributed by atoms with van der Waals surface area (Å²) in [6, 6.07) is 10.8. The Bertz CT molecular complexity index is 1330. The lowest BCUT2D eigenvalue weighted by Crippen LogP contribution is -2.32. The van der Waals surface area contributed by atoms with Crippen molar-refractivity contribution in [1.29, 1.82) is 0 Å². The molecule has 2 unspecified atom stereocenters. The fourth-order valence-electron chi connectivity index (χ4n) is 5.10. The number of nitrogens with one attached hydrogen (secondary N) is 1. The van der Waals surface area contributed by atoms with E-state index < -0.39 is 0 Å². The normalized spacial score (nSPS) is 20.5. The topological polar surface area (TPSA) is 70.1 Å². The van der Waals surface area contributed by atoms with Gasteiger partial charge in [-0.15, -0.1) is 11.3 Å². The van der Waals surface area contributed by atoms with Crippen LogP contribution in [0.4, 0.5) is 17.5 Å². The molecular weight excluding hydrogens is 430 g/mol. The number of rotatable bonds is 4. The summed E-state index contributed by atoms with van der Waals surface area (Å²) in [7, 11) is 2.24. The summed E-state index contributed by atoms with van der Waals surface area (Å²) in [4.78, 5) is 23.9. The van der Waals surface area contributed by atoms with Crippen molar-refractivity contribution in [2.45, 2.75) is 26.3 Å². The van der Waals surface area contributed by atoms with Crippen molar-refractivity contribution in [2.75, 3.05) is 36.9 Å². The Kier molecular flexibility index (Phi) is 4.99. The third-order valence-electron chi connectivity index (χ3n) is 6.94. The van der Waals surface area contributed by atoms with E-state index in [-0.39, 0.29) is 0 Å². The first-order valence-electron chi connectivity index (χ1n) is 11.4. The number of aromatic nitrogens is 4. The Labute approximate surface area is 197 Å². The molecule has 1 N–H and O–H groups in total. The maximum atomic E-state index is 4.97. The lowest BCUT2D eigenvalue weighted by atomic mass is 10.1. The summed E-state index contributed by atoms with van der Waals surface area (Å²) in [5, 5.41) is 4.32. The molecule has 0 saturated carbocycles. The van der Waals surface area contributed by atoms with E-state index in [9.17, 15) is 0 Å². The third kappa shape index (κ3) is 3.73. The number of aryl methyl sites for hydroxylation is 2. The van der Waals surface area contributed by atoms with Crippen molar-refractivity contribution in [2.24, 2.45) is 5.92 Å². The Morgan fingerprint density at radius 3 is 2.79 bits per heavy atom. The van der Waals surface area contributed by atoms with Gasteiger partial charge in [-0.3, -0.25) is 4.98 Å². The zero-order chi connectivity index (χ0) is 22.5. The highest BCUT2D eigenvalue weighted by Crippen LogP contribution is 2.35. The molecule has 0 amide bonds. The summed E-state index contributed by atoms with van der Waals surface area (Å²) < 4.78 is 1.05. The van der Waals surface area contributed by atoms with Gasteiger partial charge in [0, 0.05) is 37.6 Å². The molecule has 6 heterocycles. The Morgan fingerprint density at radius 2 is 1.94 bits per heavy atom. The molecule has 6 rings (SSSR count). The van der Waals surface area contributed by atoms with E-state index in [2.05, 4.69) is 58.1 Å². The number of likely N-dealkylation sites (N-methyl/N-ethyl adjacent to an activating group) is 1. The smallest absolute Gasteiger partial charge is 0.143 e. The fourth-order valence-corrected chi connectivity index (χ4v) is 6.08. The molecule has 0 radical (unpaired) electrons. The van der Waals surface area contributed by atoms with Crippen molar-refractivity contribution < 1.29 is 0 Å². The largest absolute Gasteiger partial charge is 0.354 e. The van der Waals surface area contributed by atoms with Gasteiger partial charge < -0.3 is 15.1 Å². The number of thiazole rings is 1. The average molecular weight is 458 g/mol. The van der Waals surface area contributed by atoms with Crippen LogP contribution < -0.4 is 10.2 Å². The molecule has 0 aliphatic carbocycles. The molecule has 33 heavy (non-hydrogen) atoms. The predicted octanol–water partition coefficient (Wildman–Crippen LogP) is 4.65. The van der Waals surface area contributed by atoms with Gasteiger partial charge in [0.15, 0.2) is 0 Å². The standard InChI is InChI=1S/C25H27N7S/c1-15-5-4-9-26-23(15)25-28-18-11-22(27-12-20(18)33-25)29-21-7-6-16(2)24(30-21)32-13-17-8-10-31(3)19(17)14-32/h4-7,9,11-12,17,19H,8,10,13-14H2,1-3H3,(H,27,29,30). The zero-order valence-corrected chi connectivity index (χ0v) is 19.9. The van der Waals surface area contributed by atoms with Crippen LogP contribution in [0.1, 0.15) is 17.5 Å². The molecule has 2 fully saturated rings. The molecule has 7 nitrogen and oxygen atoms in total. The van der Waals surface area contributed by atoms with Crippen LogP contribution in [0.25, 0.3) is 20.9 Å². The van der Waals surface area contributed by atoms with Crippen LogP contribution in [-0.2, 0) is 0 Å². The van der Waals surface area contributed by atoms with Crippen LogP contribution in [0.5, 0.6) is 0 Å². The van der Waals surface area contributed by atoms with E-state index in [1.54, 1.807) is 11.3 Å². The monoisotopic (exact) mass is 457 g/mol. The molecule has 8 heteroatoms. The zero-order valence-electron chi connectivity index (χ0n) is 19.1. The number of fused-ring (bicyclic) bond motifs is 2. The summed E-state index contributed by atoms with van der Waals surface area (Å²) in [6.07, 6.45) is 4.97. The summed E-state index contributed by atoms with van der Waals surface area (Å²) in [5.41, 5.74) is 4.18. The maximum absolute atomic E-state index is 4.97. The molecule has 0 spiro atoms. The first-order valence-corrected chi connectivity index (χ1v) is 12.3. The van der Waals surface area contributed by atoms with Gasteiger partial charge in [0.05, 0.1) is 10.2 Å². The van der Waals surface area contributed by atoms with Crippen LogP contribution in [0, 0.1) is 19.8 Å². The number of hydrogen-bond acceptors (Lipinski definition) is 8. The van der Waals surface area contributed by atoms with E-state index in [1.165, 1.54) is 18.5 Å². The molecule has 4 aromatic rings. The highest BCUT2D eigenvalue weighted by molar-refractivity contribution is 7.21. The average Bonchev–Trinajstić information content (AvgIpc) is 3.51. The first kappa shape index (κ1) is 20.5. The highest BCUT2D eigenvalue weighted by Gasteiger charge is 2.40. The van der Waals surface area contributed by atoms with Crippen molar-refractivity contribution in [3.8, 4) is 10.7 Å². The van der Waals surface area contributed by atoms with E-state index in [0.29, 0.717) is 6.04 Å². The van der Waals surface area contributed by atoms with Crippen LogP contribution in [0.2, 0.25) is 0 Å². The molecule has 2 aliphatic heterocycles. The quantitative estimate of drug-likeness (QED) is 0.478. The summed E-state index contributed by atoms with van der Waals surface area (Å²) in [6.45, 7) is 7.56. The second-order valence-electron chi connectivity index (χ2n) is 9.19. The minimum absolute atomic E-state index is 0.647. The van der Waals surface area contributed by atoms with Gasteiger partial charge in [0.2, 0.25) is 0 Å². The lowest BCUT2D eigenvalue weighted by Gasteiger charge is -2.23. The second-order valence-corrected chi connectivity index (χ2v) is 10.2. The number of likely N-dealkylation sites (tertiary alicyclic amines) is 1. The molecule has 4 aromatic heterocycles. The minimum atomic E-state index is 0.647. The Balaban J connectivity index is 1.25. The van der Waals surface area contributed by atoms with Crippen molar-refractivity contribution >= 4 is 39.0 Å². The van der Waals surface area contributed by atoms with E-state index in [1.807, 2.05) is 30.6 Å². The van der Waals surface area contributed by atoms with Gasteiger partial charge in [0.1, 0.15) is 28.2 Å². The SMILES string of the molecule is Cc1cccnc1-c1nc2cc(Nc3ccc(C)c(N4CC5CCN(C)C5C4)n3)ncc2s1. The van der Waals surface area contributed by atoms with Gasteiger partial charge in [-0.25, -0.2) is 15.0 Å². The lowest BCUT2D eigenvalue weighted by molar-refractivity contribution is 0.310. The van der Waals surface area contributed by atoms with Crippen LogP contribution in [0.3, 0.4) is 0 Å². The van der Waals surface area contributed by atoms with Crippen molar-refractivity contribution in [3.05, 3.63) is 53.9 Å². The Morgan fingerprint density at radius 1 is 1.03 bits per heavy atom. The van der Waals surface area contributed by atoms with Crippen molar-refractivity contribution in [3.63, 3.8) is 0 Å². The van der Waals surface area contributed by atoms with E-state index in [4.69, 9.17) is 9.97 Å². The number of anilines is 3. The first-order chi connectivity index (χ1) is 16.0. The summed E-state index contributed by atoms with van der Waals surface area (Å²) in [5.74, 6) is 3.38.